The van der Waals surface area contributed by atoms with Gasteiger partial charge in [-0.1, -0.05) is 49.7 Å². The van der Waals surface area contributed by atoms with Gasteiger partial charge in [0.15, 0.2) is 0 Å². The fraction of sp³-hybridized carbons (Fsp3) is 0.350. The van der Waals surface area contributed by atoms with Gasteiger partial charge in [0.1, 0.15) is 0 Å². The molecule has 2 rings (SSSR count). The van der Waals surface area contributed by atoms with Crippen LogP contribution in [0.4, 0.5) is 0 Å². The van der Waals surface area contributed by atoms with E-state index in [0.29, 0.717) is 18.1 Å². The van der Waals surface area contributed by atoms with Crippen LogP contribution in [0.2, 0.25) is 5.02 Å². The first-order chi connectivity index (χ1) is 13.3. The molecule has 8 heteroatoms. The van der Waals surface area contributed by atoms with Gasteiger partial charge in [0.05, 0.1) is 21.7 Å². The molecule has 0 saturated carbocycles. The van der Waals surface area contributed by atoms with E-state index in [4.69, 9.17) is 11.6 Å². The molecule has 0 fully saturated rings. The highest BCUT2D eigenvalue weighted by molar-refractivity contribution is 8.00. The standard InChI is InChI=1S/C20H25ClN2O3S2/c1-4-23(5-2)28(25,26)17-12-10-16(11-13-17)15(3)22-20(24)14-27-19-9-7-6-8-18(19)21/h6-13,15H,4-5,14H2,1-3H3,(H,22,24). The number of carbonyl (C=O) groups excluding carboxylic acids is 1. The van der Waals surface area contributed by atoms with Crippen molar-refractivity contribution in [1.82, 2.24) is 9.62 Å². The number of hydrogen-bond donors (Lipinski definition) is 1. The van der Waals surface area contributed by atoms with Crippen molar-refractivity contribution in [2.75, 3.05) is 18.8 Å². The van der Waals surface area contributed by atoms with E-state index in [-0.39, 0.29) is 22.6 Å². The fourth-order valence-corrected chi connectivity index (χ4v) is 5.22. The Kier molecular flexibility index (Phi) is 8.37. The largest absolute Gasteiger partial charge is 0.349 e. The molecule has 2 aromatic rings. The van der Waals surface area contributed by atoms with Gasteiger partial charge < -0.3 is 5.32 Å². The summed E-state index contributed by atoms with van der Waals surface area (Å²) in [5.74, 6) is 0.139. The first-order valence-corrected chi connectivity index (χ1v) is 11.9. The minimum absolute atomic E-state index is 0.114. The lowest BCUT2D eigenvalue weighted by Crippen LogP contribution is -2.30. The molecule has 0 aliphatic heterocycles. The maximum Gasteiger partial charge on any atom is 0.243 e. The van der Waals surface area contributed by atoms with Gasteiger partial charge in [0.2, 0.25) is 15.9 Å². The number of halogens is 1. The quantitative estimate of drug-likeness (QED) is 0.589. The summed E-state index contributed by atoms with van der Waals surface area (Å²) in [4.78, 5) is 13.3. The van der Waals surface area contributed by atoms with Crippen molar-refractivity contribution in [2.24, 2.45) is 0 Å². The van der Waals surface area contributed by atoms with Crippen LogP contribution in [0, 0.1) is 0 Å². The Hall–Kier alpha value is -1.54. The van der Waals surface area contributed by atoms with Crippen LogP contribution in [0.1, 0.15) is 32.4 Å². The van der Waals surface area contributed by atoms with Gasteiger partial charge in [-0.25, -0.2) is 8.42 Å². The molecule has 0 aliphatic carbocycles. The molecule has 5 nitrogen and oxygen atoms in total. The molecule has 0 bridgehead atoms. The Morgan fingerprint density at radius 2 is 1.71 bits per heavy atom. The van der Waals surface area contributed by atoms with Crippen LogP contribution in [0.15, 0.2) is 58.3 Å². The summed E-state index contributed by atoms with van der Waals surface area (Å²) in [5, 5.41) is 3.55. The molecule has 0 aliphatic rings. The molecule has 28 heavy (non-hydrogen) atoms. The molecule has 0 aromatic heterocycles. The predicted molar refractivity (Wildman–Crippen MR) is 115 cm³/mol. The lowest BCUT2D eigenvalue weighted by atomic mass is 10.1. The molecule has 0 spiro atoms. The average Bonchev–Trinajstić information content (AvgIpc) is 2.68. The number of rotatable bonds is 9. The first-order valence-electron chi connectivity index (χ1n) is 9.06. The van der Waals surface area contributed by atoms with Crippen LogP contribution in [-0.4, -0.2) is 37.5 Å². The van der Waals surface area contributed by atoms with E-state index >= 15 is 0 Å². The normalized spacial score (nSPS) is 12.8. The topological polar surface area (TPSA) is 66.5 Å². The van der Waals surface area contributed by atoms with Crippen LogP contribution < -0.4 is 5.32 Å². The summed E-state index contributed by atoms with van der Waals surface area (Å²) in [6, 6.07) is 13.8. The number of thioether (sulfide) groups is 1. The lowest BCUT2D eigenvalue weighted by Gasteiger charge is -2.19. The number of hydrogen-bond acceptors (Lipinski definition) is 4. The first kappa shape index (κ1) is 22.7. The fourth-order valence-electron chi connectivity index (χ4n) is 2.71. The predicted octanol–water partition coefficient (Wildman–Crippen LogP) is 4.34. The zero-order valence-corrected chi connectivity index (χ0v) is 18.6. The lowest BCUT2D eigenvalue weighted by molar-refractivity contribution is -0.119. The Bertz CT molecular complexity index is 898. The van der Waals surface area contributed by atoms with Crippen molar-refractivity contribution in [1.29, 1.82) is 0 Å². The average molecular weight is 441 g/mol. The highest BCUT2D eigenvalue weighted by Crippen LogP contribution is 2.26. The third kappa shape index (κ3) is 5.73. The molecular weight excluding hydrogens is 416 g/mol. The monoisotopic (exact) mass is 440 g/mol. The number of nitrogens with one attached hydrogen (secondary N) is 1. The van der Waals surface area contributed by atoms with Gasteiger partial charge in [-0.05, 0) is 36.8 Å². The van der Waals surface area contributed by atoms with E-state index in [9.17, 15) is 13.2 Å². The van der Waals surface area contributed by atoms with Crippen LogP contribution in [0.3, 0.4) is 0 Å². The number of amides is 1. The van der Waals surface area contributed by atoms with Crippen LogP contribution in [0.25, 0.3) is 0 Å². The van der Waals surface area contributed by atoms with Gasteiger partial charge >= 0.3 is 0 Å². The van der Waals surface area contributed by atoms with Crippen molar-refractivity contribution < 1.29 is 13.2 Å². The summed E-state index contributed by atoms with van der Waals surface area (Å²) in [6.45, 7) is 6.35. The van der Waals surface area contributed by atoms with Gasteiger partial charge in [0.25, 0.3) is 0 Å². The third-order valence-electron chi connectivity index (χ3n) is 4.30. The molecule has 0 heterocycles. The van der Waals surface area contributed by atoms with Crippen molar-refractivity contribution >= 4 is 39.3 Å². The molecular formula is C20H25ClN2O3S2. The number of nitrogens with zero attached hydrogens (tertiary/aromatic N) is 1. The zero-order chi connectivity index (χ0) is 20.7. The Morgan fingerprint density at radius 3 is 2.29 bits per heavy atom. The number of carbonyl (C=O) groups is 1. The molecule has 1 N–H and O–H groups in total. The van der Waals surface area contributed by atoms with Crippen LogP contribution in [-0.2, 0) is 14.8 Å². The molecule has 152 valence electrons. The second-order valence-corrected chi connectivity index (χ2v) is 9.53. The number of sulfonamides is 1. The molecule has 0 radical (unpaired) electrons. The summed E-state index contributed by atoms with van der Waals surface area (Å²) in [5.41, 5.74) is 0.842. The SMILES string of the molecule is CCN(CC)S(=O)(=O)c1ccc(C(C)NC(=O)CSc2ccccc2Cl)cc1. The summed E-state index contributed by atoms with van der Waals surface area (Å²) >= 11 is 7.48. The van der Waals surface area contributed by atoms with E-state index in [1.807, 2.05) is 39.0 Å². The van der Waals surface area contributed by atoms with E-state index in [2.05, 4.69) is 5.32 Å². The second-order valence-electron chi connectivity index (χ2n) is 6.17. The van der Waals surface area contributed by atoms with Crippen molar-refractivity contribution in [3.05, 3.63) is 59.1 Å². The minimum atomic E-state index is -3.48. The summed E-state index contributed by atoms with van der Waals surface area (Å²) < 4.78 is 26.5. The number of benzene rings is 2. The smallest absolute Gasteiger partial charge is 0.243 e. The van der Waals surface area contributed by atoms with Gasteiger partial charge in [-0.15, -0.1) is 11.8 Å². The second kappa shape index (κ2) is 10.3. The minimum Gasteiger partial charge on any atom is -0.349 e. The molecule has 1 atom stereocenters. The summed E-state index contributed by atoms with van der Waals surface area (Å²) in [7, 11) is -3.48. The van der Waals surface area contributed by atoms with E-state index < -0.39 is 10.0 Å². The van der Waals surface area contributed by atoms with E-state index in [1.165, 1.54) is 16.1 Å². The molecule has 1 unspecified atom stereocenters. The molecule has 1 amide bonds. The van der Waals surface area contributed by atoms with Crippen molar-refractivity contribution in [3.8, 4) is 0 Å². The highest BCUT2D eigenvalue weighted by atomic mass is 35.5. The summed E-state index contributed by atoms with van der Waals surface area (Å²) in [6.07, 6.45) is 0. The third-order valence-corrected chi connectivity index (χ3v) is 7.88. The van der Waals surface area contributed by atoms with Gasteiger partial charge in [0, 0.05) is 18.0 Å². The highest BCUT2D eigenvalue weighted by Gasteiger charge is 2.21. The van der Waals surface area contributed by atoms with Crippen molar-refractivity contribution in [2.45, 2.75) is 36.6 Å². The maximum atomic E-state index is 12.5. The van der Waals surface area contributed by atoms with Crippen LogP contribution in [0.5, 0.6) is 0 Å². The Labute approximate surface area is 176 Å². The molecule has 0 saturated heterocycles. The molecule has 2 aromatic carbocycles. The van der Waals surface area contributed by atoms with Gasteiger partial charge in [-0.3, -0.25) is 4.79 Å². The zero-order valence-electron chi connectivity index (χ0n) is 16.2. The Balaban J connectivity index is 1.98. The Morgan fingerprint density at radius 1 is 1.11 bits per heavy atom. The van der Waals surface area contributed by atoms with Crippen LogP contribution >= 0.6 is 23.4 Å². The van der Waals surface area contributed by atoms with Gasteiger partial charge in [-0.2, -0.15) is 4.31 Å². The van der Waals surface area contributed by atoms with Crippen molar-refractivity contribution in [3.63, 3.8) is 0 Å². The maximum absolute atomic E-state index is 12.5. The van der Waals surface area contributed by atoms with E-state index in [1.54, 1.807) is 30.3 Å². The van der Waals surface area contributed by atoms with E-state index in [0.717, 1.165) is 10.5 Å².